The number of hydrogen-bond donors (Lipinski definition) is 3. The van der Waals surface area contributed by atoms with Crippen LogP contribution in [0.4, 0.5) is 5.69 Å². The first-order valence-corrected chi connectivity index (χ1v) is 9.73. The van der Waals surface area contributed by atoms with Gasteiger partial charge in [0.1, 0.15) is 6.04 Å². The summed E-state index contributed by atoms with van der Waals surface area (Å²) in [6, 6.07) is 9.65. The van der Waals surface area contributed by atoms with Gasteiger partial charge in [-0.05, 0) is 32.0 Å². The molecule has 2 aliphatic rings. The van der Waals surface area contributed by atoms with Gasteiger partial charge in [0.15, 0.2) is 11.5 Å². The Kier molecular flexibility index (Phi) is 4.95. The van der Waals surface area contributed by atoms with Gasteiger partial charge in [-0.2, -0.15) is 0 Å². The quantitative estimate of drug-likeness (QED) is 0.646. The van der Waals surface area contributed by atoms with Crippen LogP contribution in [0.3, 0.4) is 0 Å². The molecule has 2 aromatic carbocycles. The van der Waals surface area contributed by atoms with Gasteiger partial charge in [-0.15, -0.1) is 0 Å². The molecular weight excluding hydrogens is 388 g/mol. The van der Waals surface area contributed by atoms with Gasteiger partial charge in [-0.25, -0.2) is 4.90 Å². The average molecular weight is 410 g/mol. The molecule has 8 nitrogen and oxygen atoms in total. The van der Waals surface area contributed by atoms with Crippen molar-refractivity contribution in [1.29, 1.82) is 0 Å². The number of fused-ring (bicyclic) bond motifs is 1. The first kappa shape index (κ1) is 19.9. The third kappa shape index (κ3) is 3.00. The molecule has 2 fully saturated rings. The summed E-state index contributed by atoms with van der Waals surface area (Å²) < 4.78 is 5.42. The second-order valence-corrected chi connectivity index (χ2v) is 7.49. The summed E-state index contributed by atoms with van der Waals surface area (Å²) >= 11 is 0. The maximum atomic E-state index is 13.3. The molecule has 2 aliphatic heterocycles. The highest BCUT2D eigenvalue weighted by molar-refractivity contribution is 6.23. The van der Waals surface area contributed by atoms with Crippen LogP contribution in [0.2, 0.25) is 0 Å². The Labute approximate surface area is 173 Å². The van der Waals surface area contributed by atoms with Crippen molar-refractivity contribution in [3.8, 4) is 11.5 Å². The largest absolute Gasteiger partial charge is 0.504 e. The smallest absolute Gasteiger partial charge is 0.321 e. The summed E-state index contributed by atoms with van der Waals surface area (Å²) in [6.45, 7) is 3.99. The molecule has 2 aromatic rings. The summed E-state index contributed by atoms with van der Waals surface area (Å²) in [7, 11) is 0. The predicted octanol–water partition coefficient (Wildman–Crippen LogP) is 2.00. The number of phenols is 1. The molecule has 0 spiro atoms. The molecule has 4 atom stereocenters. The third-order valence-electron chi connectivity index (χ3n) is 5.70. The van der Waals surface area contributed by atoms with Gasteiger partial charge in [0.05, 0.1) is 24.1 Å². The molecule has 8 heteroatoms. The van der Waals surface area contributed by atoms with Gasteiger partial charge in [0.25, 0.3) is 0 Å². The Morgan fingerprint density at radius 2 is 1.77 bits per heavy atom. The monoisotopic (exact) mass is 410 g/mol. The number of aromatic hydroxyl groups is 1. The zero-order chi connectivity index (χ0) is 21.6. The van der Waals surface area contributed by atoms with E-state index in [1.165, 1.54) is 0 Å². The lowest BCUT2D eigenvalue weighted by Gasteiger charge is -2.22. The summed E-state index contributed by atoms with van der Waals surface area (Å²) in [6.07, 6.45) is 0. The van der Waals surface area contributed by atoms with Crippen LogP contribution in [0, 0.1) is 18.8 Å². The van der Waals surface area contributed by atoms with E-state index in [-0.39, 0.29) is 11.5 Å². The number of rotatable bonds is 5. The minimum Gasteiger partial charge on any atom is -0.504 e. The van der Waals surface area contributed by atoms with Gasteiger partial charge in [-0.1, -0.05) is 29.8 Å². The SMILES string of the molecule is CCOc1cccc(C2NC(C(=O)O)C3C(=O)N(c4ccc(C)cc4)C(=O)C23)c1O. The Balaban J connectivity index is 1.78. The fourth-order valence-corrected chi connectivity index (χ4v) is 4.33. The number of ether oxygens (including phenoxy) is 1. The second kappa shape index (κ2) is 7.46. The van der Waals surface area contributed by atoms with Gasteiger partial charge < -0.3 is 14.9 Å². The molecule has 4 rings (SSSR count). The number of anilines is 1. The Morgan fingerprint density at radius 3 is 2.40 bits per heavy atom. The normalized spacial score (nSPS) is 25.5. The maximum absolute atomic E-state index is 13.3. The highest BCUT2D eigenvalue weighted by Gasteiger charge is 2.61. The van der Waals surface area contributed by atoms with Crippen LogP contribution in [-0.2, 0) is 14.4 Å². The van der Waals surface area contributed by atoms with Crippen LogP contribution in [0.5, 0.6) is 11.5 Å². The van der Waals surface area contributed by atoms with E-state index in [2.05, 4.69) is 5.32 Å². The number of aliphatic carboxylic acids is 1. The van der Waals surface area contributed by atoms with Crippen LogP contribution in [0.15, 0.2) is 42.5 Å². The van der Waals surface area contributed by atoms with Crippen molar-refractivity contribution in [2.24, 2.45) is 11.8 Å². The number of carbonyl (C=O) groups excluding carboxylic acids is 2. The van der Waals surface area contributed by atoms with Crippen molar-refractivity contribution >= 4 is 23.5 Å². The molecular formula is C22H22N2O6. The number of benzene rings is 2. The fourth-order valence-electron chi connectivity index (χ4n) is 4.33. The number of nitrogens with zero attached hydrogens (tertiary/aromatic N) is 1. The van der Waals surface area contributed by atoms with Gasteiger partial charge in [0.2, 0.25) is 11.8 Å². The number of carboxylic acids is 1. The van der Waals surface area contributed by atoms with Crippen LogP contribution in [0.25, 0.3) is 0 Å². The van der Waals surface area contributed by atoms with E-state index in [0.29, 0.717) is 17.9 Å². The van der Waals surface area contributed by atoms with Crippen molar-refractivity contribution in [2.45, 2.75) is 25.9 Å². The van der Waals surface area contributed by atoms with E-state index >= 15 is 0 Å². The maximum Gasteiger partial charge on any atom is 0.321 e. The molecule has 4 unspecified atom stereocenters. The zero-order valence-electron chi connectivity index (χ0n) is 16.5. The minimum absolute atomic E-state index is 0.171. The molecule has 3 N–H and O–H groups in total. The van der Waals surface area contributed by atoms with Gasteiger partial charge in [-0.3, -0.25) is 19.7 Å². The lowest BCUT2D eigenvalue weighted by molar-refractivity contribution is -0.142. The lowest BCUT2D eigenvalue weighted by Crippen LogP contribution is -2.43. The Bertz CT molecular complexity index is 1020. The number of amides is 2. The summed E-state index contributed by atoms with van der Waals surface area (Å²) in [5.74, 6) is -4.23. The number of para-hydroxylation sites is 1. The highest BCUT2D eigenvalue weighted by Crippen LogP contribution is 2.48. The fraction of sp³-hybridized carbons (Fsp3) is 0.318. The molecule has 0 saturated carbocycles. The van der Waals surface area contributed by atoms with E-state index in [1.807, 2.05) is 6.92 Å². The zero-order valence-corrected chi connectivity index (χ0v) is 16.5. The highest BCUT2D eigenvalue weighted by atomic mass is 16.5. The average Bonchev–Trinajstić information content (AvgIpc) is 3.22. The number of nitrogens with one attached hydrogen (secondary N) is 1. The number of phenolic OH excluding ortho intramolecular Hbond substituents is 1. The Morgan fingerprint density at radius 1 is 1.10 bits per heavy atom. The molecule has 0 bridgehead atoms. The molecule has 2 amide bonds. The summed E-state index contributed by atoms with van der Waals surface area (Å²) in [5.41, 5.74) is 1.70. The van der Waals surface area contributed by atoms with Crippen molar-refractivity contribution in [3.05, 3.63) is 53.6 Å². The van der Waals surface area contributed by atoms with Crippen LogP contribution in [0.1, 0.15) is 24.1 Å². The number of carboxylic acid groups (broad SMARTS) is 1. The van der Waals surface area contributed by atoms with E-state index in [0.717, 1.165) is 10.5 Å². The van der Waals surface area contributed by atoms with Crippen molar-refractivity contribution < 1.29 is 29.3 Å². The number of imide groups is 1. The van der Waals surface area contributed by atoms with Crippen molar-refractivity contribution in [1.82, 2.24) is 5.32 Å². The van der Waals surface area contributed by atoms with E-state index < -0.39 is 41.7 Å². The third-order valence-corrected chi connectivity index (χ3v) is 5.70. The van der Waals surface area contributed by atoms with Crippen LogP contribution in [-0.4, -0.2) is 40.6 Å². The standard InChI is InChI=1S/C22H22N2O6/c1-3-30-14-6-4-5-13(19(14)25)17-15-16(18(23-17)22(28)29)21(27)24(20(15)26)12-9-7-11(2)8-10-12/h4-10,15-18,23,25H,3H2,1-2H3,(H,28,29). The molecule has 0 radical (unpaired) electrons. The van der Waals surface area contributed by atoms with Crippen LogP contribution >= 0.6 is 0 Å². The van der Waals surface area contributed by atoms with Crippen molar-refractivity contribution in [3.63, 3.8) is 0 Å². The summed E-state index contributed by atoms with van der Waals surface area (Å²) in [5, 5.41) is 23.2. The number of hydrogen-bond acceptors (Lipinski definition) is 6. The molecule has 0 aliphatic carbocycles. The number of aryl methyl sites for hydroxylation is 1. The molecule has 30 heavy (non-hydrogen) atoms. The predicted molar refractivity (Wildman–Crippen MR) is 107 cm³/mol. The second-order valence-electron chi connectivity index (χ2n) is 7.49. The van der Waals surface area contributed by atoms with Gasteiger partial charge in [0, 0.05) is 11.6 Å². The minimum atomic E-state index is -1.25. The van der Waals surface area contributed by atoms with Gasteiger partial charge >= 0.3 is 5.97 Å². The molecule has 2 heterocycles. The number of carbonyl (C=O) groups is 3. The summed E-state index contributed by atoms with van der Waals surface area (Å²) in [4.78, 5) is 39.4. The topological polar surface area (TPSA) is 116 Å². The Hall–Kier alpha value is -3.39. The molecule has 0 aromatic heterocycles. The van der Waals surface area contributed by atoms with Crippen LogP contribution < -0.4 is 15.0 Å². The van der Waals surface area contributed by atoms with E-state index in [1.54, 1.807) is 49.4 Å². The van der Waals surface area contributed by atoms with E-state index in [4.69, 9.17) is 4.74 Å². The van der Waals surface area contributed by atoms with E-state index in [9.17, 15) is 24.6 Å². The first-order valence-electron chi connectivity index (χ1n) is 9.73. The lowest BCUT2D eigenvalue weighted by atomic mass is 9.86. The molecule has 2 saturated heterocycles. The first-order chi connectivity index (χ1) is 14.3. The molecule has 156 valence electrons. The van der Waals surface area contributed by atoms with Crippen molar-refractivity contribution in [2.75, 3.05) is 11.5 Å².